The molecule has 20 heavy (non-hydrogen) atoms. The molecule has 0 radical (unpaired) electrons. The summed E-state index contributed by atoms with van der Waals surface area (Å²) in [6.45, 7) is 3.66. The van der Waals surface area contributed by atoms with E-state index in [1.807, 2.05) is 6.92 Å². The van der Waals surface area contributed by atoms with Gasteiger partial charge in [0, 0.05) is 18.4 Å². The van der Waals surface area contributed by atoms with Crippen molar-refractivity contribution in [3.8, 4) is 11.5 Å². The van der Waals surface area contributed by atoms with Gasteiger partial charge in [-0.3, -0.25) is 14.8 Å². The van der Waals surface area contributed by atoms with Crippen molar-refractivity contribution in [1.82, 2.24) is 9.78 Å². The third-order valence-electron chi connectivity index (χ3n) is 3.03. The number of aromatic nitrogens is 2. The molecule has 0 fully saturated rings. The van der Waals surface area contributed by atoms with Crippen LogP contribution in [0.2, 0.25) is 0 Å². The molecule has 0 amide bonds. The van der Waals surface area contributed by atoms with E-state index in [-0.39, 0.29) is 11.4 Å². The lowest BCUT2D eigenvalue weighted by Crippen LogP contribution is -1.96. The highest BCUT2D eigenvalue weighted by Gasteiger charge is 2.20. The lowest BCUT2D eigenvalue weighted by molar-refractivity contribution is -0.385. The van der Waals surface area contributed by atoms with Crippen LogP contribution in [0.4, 0.5) is 5.69 Å². The molecule has 0 N–H and O–H groups in total. The van der Waals surface area contributed by atoms with Crippen LogP contribution in [0.1, 0.15) is 17.0 Å². The second-order valence-electron chi connectivity index (χ2n) is 4.42. The Morgan fingerprint density at radius 3 is 2.65 bits per heavy atom. The van der Waals surface area contributed by atoms with Crippen molar-refractivity contribution >= 4 is 21.6 Å². The number of rotatable bonds is 4. The smallest absolute Gasteiger partial charge is 0.311 e. The van der Waals surface area contributed by atoms with Gasteiger partial charge in [0.2, 0.25) is 5.75 Å². The van der Waals surface area contributed by atoms with Crippen LogP contribution in [0.15, 0.2) is 18.2 Å². The number of hydrogen-bond acceptors (Lipinski definition) is 4. The van der Waals surface area contributed by atoms with Crippen LogP contribution in [0.5, 0.6) is 11.5 Å². The lowest BCUT2D eigenvalue weighted by atomic mass is 10.2. The number of nitro benzene ring substituents is 1. The van der Waals surface area contributed by atoms with E-state index in [1.54, 1.807) is 30.8 Å². The molecule has 6 nitrogen and oxygen atoms in total. The summed E-state index contributed by atoms with van der Waals surface area (Å²) in [5, 5.41) is 15.9. The van der Waals surface area contributed by atoms with Crippen LogP contribution in [0.3, 0.4) is 0 Å². The van der Waals surface area contributed by atoms with Crippen molar-refractivity contribution < 1.29 is 9.66 Å². The summed E-state index contributed by atoms with van der Waals surface area (Å²) in [5.41, 5.74) is 2.29. The Kier molecular flexibility index (Phi) is 4.08. The Balaban J connectivity index is 2.45. The predicted molar refractivity (Wildman–Crippen MR) is 78.5 cm³/mol. The maximum Gasteiger partial charge on any atom is 0.311 e. The molecule has 0 unspecified atom stereocenters. The monoisotopic (exact) mass is 339 g/mol. The molecule has 2 aromatic rings. The quantitative estimate of drug-likeness (QED) is 0.484. The first-order chi connectivity index (χ1) is 9.43. The van der Waals surface area contributed by atoms with Crippen molar-refractivity contribution in [2.45, 2.75) is 19.2 Å². The minimum absolute atomic E-state index is 0.0513. The van der Waals surface area contributed by atoms with Gasteiger partial charge in [0.1, 0.15) is 5.69 Å². The predicted octanol–water partition coefficient (Wildman–Crippen LogP) is 3.63. The molecular formula is C13H14BrN3O3. The van der Waals surface area contributed by atoms with Gasteiger partial charge in [-0.15, -0.1) is 0 Å². The Bertz CT molecular complexity index is 667. The summed E-state index contributed by atoms with van der Waals surface area (Å²) in [6, 6.07) is 4.91. The summed E-state index contributed by atoms with van der Waals surface area (Å²) >= 11 is 3.28. The summed E-state index contributed by atoms with van der Waals surface area (Å²) in [4.78, 5) is 10.7. The highest BCUT2D eigenvalue weighted by molar-refractivity contribution is 9.08. The van der Waals surface area contributed by atoms with Gasteiger partial charge in [0.25, 0.3) is 0 Å². The molecule has 0 bridgehead atoms. The number of halogens is 1. The number of nitro groups is 1. The fourth-order valence-corrected chi connectivity index (χ4v) is 2.24. The summed E-state index contributed by atoms with van der Waals surface area (Å²) < 4.78 is 7.40. The van der Waals surface area contributed by atoms with Gasteiger partial charge in [0.05, 0.1) is 10.6 Å². The van der Waals surface area contributed by atoms with Gasteiger partial charge in [-0.25, -0.2) is 0 Å². The first-order valence-corrected chi connectivity index (χ1v) is 7.07. The first-order valence-electron chi connectivity index (χ1n) is 5.95. The molecule has 1 heterocycles. The van der Waals surface area contributed by atoms with E-state index in [9.17, 15) is 10.1 Å². The third kappa shape index (κ3) is 2.67. The minimum atomic E-state index is -0.442. The van der Waals surface area contributed by atoms with E-state index in [1.165, 1.54) is 6.07 Å². The standard InChI is InChI=1S/C13H14BrN3O3/c1-8-13(9(2)16(3)15-8)20-12-5-4-10(7-14)6-11(12)17(18)19/h4-6H,7H2,1-3H3. The molecule has 0 spiro atoms. The zero-order valence-corrected chi connectivity index (χ0v) is 13.0. The Labute approximate surface area is 124 Å². The zero-order chi connectivity index (χ0) is 14.9. The molecule has 0 aliphatic rings. The number of hydrogen-bond donors (Lipinski definition) is 0. The highest BCUT2D eigenvalue weighted by atomic mass is 79.9. The van der Waals surface area contributed by atoms with E-state index in [4.69, 9.17) is 4.74 Å². The summed E-state index contributed by atoms with van der Waals surface area (Å²) in [6.07, 6.45) is 0. The van der Waals surface area contributed by atoms with Crippen molar-refractivity contribution in [2.75, 3.05) is 0 Å². The zero-order valence-electron chi connectivity index (χ0n) is 11.4. The molecule has 2 rings (SSSR count). The molecule has 0 saturated carbocycles. The Morgan fingerprint density at radius 2 is 2.15 bits per heavy atom. The number of benzene rings is 1. The first kappa shape index (κ1) is 14.5. The normalized spacial score (nSPS) is 10.6. The lowest BCUT2D eigenvalue weighted by Gasteiger charge is -2.07. The molecule has 106 valence electrons. The van der Waals surface area contributed by atoms with Crippen molar-refractivity contribution in [2.24, 2.45) is 7.05 Å². The van der Waals surface area contributed by atoms with Crippen LogP contribution in [0, 0.1) is 24.0 Å². The molecular weight excluding hydrogens is 326 g/mol. The van der Waals surface area contributed by atoms with Crippen molar-refractivity contribution in [3.63, 3.8) is 0 Å². The molecule has 7 heteroatoms. The fourth-order valence-electron chi connectivity index (χ4n) is 1.89. The molecule has 1 aromatic heterocycles. The van der Waals surface area contributed by atoms with Crippen LogP contribution < -0.4 is 4.74 Å². The van der Waals surface area contributed by atoms with E-state index >= 15 is 0 Å². The summed E-state index contributed by atoms with van der Waals surface area (Å²) in [7, 11) is 1.80. The number of alkyl halides is 1. The van der Waals surface area contributed by atoms with E-state index in [0.717, 1.165) is 11.3 Å². The third-order valence-corrected chi connectivity index (χ3v) is 3.68. The van der Waals surface area contributed by atoms with Crippen LogP contribution in [-0.4, -0.2) is 14.7 Å². The Morgan fingerprint density at radius 1 is 1.45 bits per heavy atom. The van der Waals surface area contributed by atoms with Crippen LogP contribution in [0.25, 0.3) is 0 Å². The van der Waals surface area contributed by atoms with Gasteiger partial charge in [0.15, 0.2) is 5.75 Å². The van der Waals surface area contributed by atoms with E-state index in [2.05, 4.69) is 21.0 Å². The van der Waals surface area contributed by atoms with Crippen molar-refractivity contribution in [3.05, 3.63) is 45.3 Å². The minimum Gasteiger partial charge on any atom is -0.446 e. The molecule has 1 aromatic carbocycles. The topological polar surface area (TPSA) is 70.2 Å². The molecule has 0 atom stereocenters. The van der Waals surface area contributed by atoms with Crippen molar-refractivity contribution in [1.29, 1.82) is 0 Å². The maximum atomic E-state index is 11.1. The van der Waals surface area contributed by atoms with Gasteiger partial charge in [-0.2, -0.15) is 5.10 Å². The largest absolute Gasteiger partial charge is 0.446 e. The molecule has 0 aliphatic heterocycles. The Hall–Kier alpha value is -1.89. The van der Waals surface area contributed by atoms with Crippen LogP contribution in [-0.2, 0) is 12.4 Å². The average Bonchev–Trinajstić information content (AvgIpc) is 2.65. The molecule has 0 aliphatic carbocycles. The second kappa shape index (κ2) is 5.62. The van der Waals surface area contributed by atoms with E-state index < -0.39 is 4.92 Å². The highest BCUT2D eigenvalue weighted by Crippen LogP contribution is 2.35. The summed E-state index contributed by atoms with van der Waals surface area (Å²) in [5.74, 6) is 0.779. The van der Waals surface area contributed by atoms with Gasteiger partial charge in [-0.05, 0) is 25.5 Å². The molecule has 0 saturated heterocycles. The number of ether oxygens (including phenoxy) is 1. The fraction of sp³-hybridized carbons (Fsp3) is 0.308. The number of nitrogens with zero attached hydrogens (tertiary/aromatic N) is 3. The van der Waals surface area contributed by atoms with E-state index in [0.29, 0.717) is 16.8 Å². The van der Waals surface area contributed by atoms with Gasteiger partial charge in [-0.1, -0.05) is 22.0 Å². The second-order valence-corrected chi connectivity index (χ2v) is 4.98. The SMILES string of the molecule is Cc1nn(C)c(C)c1Oc1ccc(CBr)cc1[N+](=O)[O-]. The number of aryl methyl sites for hydroxylation is 2. The van der Waals surface area contributed by atoms with Gasteiger partial charge < -0.3 is 4.74 Å². The van der Waals surface area contributed by atoms with Gasteiger partial charge >= 0.3 is 5.69 Å². The average molecular weight is 340 g/mol. The van der Waals surface area contributed by atoms with Crippen LogP contribution >= 0.6 is 15.9 Å². The maximum absolute atomic E-state index is 11.1.